The Morgan fingerprint density at radius 3 is 2.56 bits per heavy atom. The molecule has 0 bridgehead atoms. The second kappa shape index (κ2) is 6.02. The summed E-state index contributed by atoms with van der Waals surface area (Å²) in [5.41, 5.74) is 5.87. The number of nitrogens with two attached hydrogens (primary N) is 1. The molecule has 1 unspecified atom stereocenters. The molecule has 0 saturated heterocycles. The highest BCUT2D eigenvalue weighted by atomic mass is 16.3. The van der Waals surface area contributed by atoms with Crippen LogP contribution in [0.4, 0.5) is 0 Å². The van der Waals surface area contributed by atoms with Crippen molar-refractivity contribution < 1.29 is 9.90 Å². The summed E-state index contributed by atoms with van der Waals surface area (Å²) in [6.07, 6.45) is 8.42. The molecule has 0 aliphatic heterocycles. The van der Waals surface area contributed by atoms with Crippen molar-refractivity contribution in [3.63, 3.8) is 0 Å². The van der Waals surface area contributed by atoms with Crippen LogP contribution in [0, 0.1) is 11.3 Å². The zero-order chi connectivity index (χ0) is 13.0. The third-order valence-electron chi connectivity index (χ3n) is 4.56. The van der Waals surface area contributed by atoms with Gasteiger partial charge in [-0.05, 0) is 31.6 Å². The lowest BCUT2D eigenvalue weighted by Crippen LogP contribution is -2.43. The first-order valence-electron chi connectivity index (χ1n) is 7.28. The molecular weight excluding hydrogens is 228 g/mol. The van der Waals surface area contributed by atoms with E-state index in [4.69, 9.17) is 5.73 Å². The van der Waals surface area contributed by atoms with Gasteiger partial charge in [-0.15, -0.1) is 0 Å². The Morgan fingerprint density at radius 1 is 1.33 bits per heavy atom. The fourth-order valence-corrected chi connectivity index (χ4v) is 2.96. The van der Waals surface area contributed by atoms with Gasteiger partial charge in [0.25, 0.3) is 0 Å². The predicted octanol–water partition coefficient (Wildman–Crippen LogP) is 1.17. The minimum Gasteiger partial charge on any atom is -0.396 e. The number of rotatable bonds is 6. The summed E-state index contributed by atoms with van der Waals surface area (Å²) in [4.78, 5) is 11.8. The van der Waals surface area contributed by atoms with E-state index in [1.165, 1.54) is 19.3 Å². The van der Waals surface area contributed by atoms with E-state index in [0.29, 0.717) is 18.9 Å². The zero-order valence-electron chi connectivity index (χ0n) is 11.2. The zero-order valence-corrected chi connectivity index (χ0v) is 11.2. The standard InChI is InChI=1S/C14H26N2O2/c15-12(11-4-5-11)8-13(18)16-9-14(10-17)6-2-1-3-7-14/h11-12,17H,1-10,15H2,(H,16,18). The molecule has 1 atom stereocenters. The first-order valence-corrected chi connectivity index (χ1v) is 7.28. The van der Waals surface area contributed by atoms with Crippen LogP contribution in [-0.2, 0) is 4.79 Å². The molecule has 0 spiro atoms. The van der Waals surface area contributed by atoms with Crippen molar-refractivity contribution in [3.8, 4) is 0 Å². The summed E-state index contributed by atoms with van der Waals surface area (Å²) in [5, 5.41) is 12.5. The van der Waals surface area contributed by atoms with E-state index in [9.17, 15) is 9.90 Å². The molecule has 2 rings (SSSR count). The van der Waals surface area contributed by atoms with Crippen LogP contribution in [0.25, 0.3) is 0 Å². The fraction of sp³-hybridized carbons (Fsp3) is 0.929. The van der Waals surface area contributed by atoms with Crippen molar-refractivity contribution in [3.05, 3.63) is 0 Å². The summed E-state index contributed by atoms with van der Waals surface area (Å²) in [7, 11) is 0. The molecule has 0 aromatic heterocycles. The number of carbonyl (C=O) groups is 1. The predicted molar refractivity (Wildman–Crippen MR) is 70.9 cm³/mol. The number of nitrogens with one attached hydrogen (secondary N) is 1. The highest BCUT2D eigenvalue weighted by Crippen LogP contribution is 2.35. The van der Waals surface area contributed by atoms with Crippen LogP contribution in [-0.4, -0.2) is 30.2 Å². The van der Waals surface area contributed by atoms with E-state index < -0.39 is 0 Å². The molecule has 104 valence electrons. The van der Waals surface area contributed by atoms with E-state index in [-0.39, 0.29) is 24.0 Å². The molecule has 2 aliphatic rings. The number of aliphatic hydroxyl groups is 1. The van der Waals surface area contributed by atoms with Gasteiger partial charge in [0, 0.05) is 24.4 Å². The normalized spacial score (nSPS) is 24.6. The van der Waals surface area contributed by atoms with Gasteiger partial charge < -0.3 is 16.2 Å². The van der Waals surface area contributed by atoms with E-state index in [0.717, 1.165) is 25.7 Å². The molecule has 1 amide bonds. The monoisotopic (exact) mass is 254 g/mol. The van der Waals surface area contributed by atoms with Gasteiger partial charge in [-0.1, -0.05) is 19.3 Å². The minimum atomic E-state index is -0.0718. The lowest BCUT2D eigenvalue weighted by Gasteiger charge is -2.35. The van der Waals surface area contributed by atoms with Crippen LogP contribution < -0.4 is 11.1 Å². The molecule has 2 aliphatic carbocycles. The van der Waals surface area contributed by atoms with Crippen LogP contribution in [0.5, 0.6) is 0 Å². The van der Waals surface area contributed by atoms with Crippen molar-refractivity contribution in [2.45, 2.75) is 57.4 Å². The maximum Gasteiger partial charge on any atom is 0.221 e. The number of hydrogen-bond donors (Lipinski definition) is 3. The summed E-state index contributed by atoms with van der Waals surface area (Å²) in [6.45, 7) is 0.793. The molecule has 2 saturated carbocycles. The van der Waals surface area contributed by atoms with Crippen LogP contribution in [0.2, 0.25) is 0 Å². The van der Waals surface area contributed by atoms with Crippen molar-refractivity contribution >= 4 is 5.91 Å². The molecule has 0 heterocycles. The Bertz CT molecular complexity index is 284. The Hall–Kier alpha value is -0.610. The van der Waals surface area contributed by atoms with Crippen LogP contribution >= 0.6 is 0 Å². The van der Waals surface area contributed by atoms with Crippen LogP contribution in [0.1, 0.15) is 51.4 Å². The van der Waals surface area contributed by atoms with E-state index >= 15 is 0 Å². The Balaban J connectivity index is 1.72. The molecule has 4 heteroatoms. The minimum absolute atomic E-state index is 0.0291. The summed E-state index contributed by atoms with van der Waals surface area (Å²) >= 11 is 0. The van der Waals surface area contributed by atoms with Gasteiger partial charge in [0.05, 0.1) is 6.61 Å². The molecule has 0 aromatic rings. The highest BCUT2D eigenvalue weighted by Gasteiger charge is 2.33. The number of aliphatic hydroxyl groups excluding tert-OH is 1. The first kappa shape index (κ1) is 13.8. The van der Waals surface area contributed by atoms with E-state index in [2.05, 4.69) is 5.32 Å². The van der Waals surface area contributed by atoms with Gasteiger partial charge in [0.1, 0.15) is 0 Å². The third-order valence-corrected chi connectivity index (χ3v) is 4.56. The Morgan fingerprint density at radius 2 is 2.00 bits per heavy atom. The maximum atomic E-state index is 11.8. The fourth-order valence-electron chi connectivity index (χ4n) is 2.96. The average Bonchev–Trinajstić information content (AvgIpc) is 3.22. The van der Waals surface area contributed by atoms with Crippen molar-refractivity contribution in [1.82, 2.24) is 5.32 Å². The molecule has 4 N–H and O–H groups in total. The van der Waals surface area contributed by atoms with Gasteiger partial charge in [0.2, 0.25) is 5.91 Å². The second-order valence-corrected chi connectivity index (χ2v) is 6.20. The largest absolute Gasteiger partial charge is 0.396 e. The Kier molecular flexibility index (Phi) is 4.62. The SMILES string of the molecule is NC(CC(=O)NCC1(CO)CCCCC1)C1CC1. The van der Waals surface area contributed by atoms with Gasteiger partial charge in [-0.3, -0.25) is 4.79 Å². The molecular formula is C14H26N2O2. The molecule has 0 radical (unpaired) electrons. The number of carbonyl (C=O) groups excluding carboxylic acids is 1. The van der Waals surface area contributed by atoms with E-state index in [1.54, 1.807) is 0 Å². The lowest BCUT2D eigenvalue weighted by atomic mass is 9.74. The van der Waals surface area contributed by atoms with Gasteiger partial charge >= 0.3 is 0 Å². The second-order valence-electron chi connectivity index (χ2n) is 6.20. The third kappa shape index (κ3) is 3.69. The summed E-state index contributed by atoms with van der Waals surface area (Å²) in [6, 6.07) is 0.0291. The van der Waals surface area contributed by atoms with Crippen molar-refractivity contribution in [1.29, 1.82) is 0 Å². The first-order chi connectivity index (χ1) is 8.65. The molecule has 0 aromatic carbocycles. The maximum absolute atomic E-state index is 11.8. The van der Waals surface area contributed by atoms with Crippen molar-refractivity contribution in [2.24, 2.45) is 17.1 Å². The highest BCUT2D eigenvalue weighted by molar-refractivity contribution is 5.76. The van der Waals surface area contributed by atoms with Crippen LogP contribution in [0.15, 0.2) is 0 Å². The molecule has 4 nitrogen and oxygen atoms in total. The quantitative estimate of drug-likeness (QED) is 0.666. The number of hydrogen-bond acceptors (Lipinski definition) is 3. The van der Waals surface area contributed by atoms with Gasteiger partial charge in [-0.2, -0.15) is 0 Å². The summed E-state index contributed by atoms with van der Waals surface area (Å²) < 4.78 is 0. The summed E-state index contributed by atoms with van der Waals surface area (Å²) in [5.74, 6) is 0.616. The Labute approximate surface area is 109 Å². The topological polar surface area (TPSA) is 75.4 Å². The van der Waals surface area contributed by atoms with Crippen molar-refractivity contribution in [2.75, 3.05) is 13.2 Å². The van der Waals surface area contributed by atoms with Gasteiger partial charge in [-0.25, -0.2) is 0 Å². The molecule has 2 fully saturated rings. The van der Waals surface area contributed by atoms with Crippen LogP contribution in [0.3, 0.4) is 0 Å². The average molecular weight is 254 g/mol. The lowest BCUT2D eigenvalue weighted by molar-refractivity contribution is -0.122. The van der Waals surface area contributed by atoms with Gasteiger partial charge in [0.15, 0.2) is 0 Å². The number of amides is 1. The molecule has 18 heavy (non-hydrogen) atoms. The van der Waals surface area contributed by atoms with E-state index in [1.807, 2.05) is 0 Å². The smallest absolute Gasteiger partial charge is 0.221 e.